The van der Waals surface area contributed by atoms with Crippen molar-refractivity contribution in [3.05, 3.63) is 72.9 Å². The minimum absolute atomic E-state index is 0.0237. The summed E-state index contributed by atoms with van der Waals surface area (Å²) >= 11 is 0. The lowest BCUT2D eigenvalue weighted by Gasteiger charge is -2.27. The van der Waals surface area contributed by atoms with E-state index in [4.69, 9.17) is 10.7 Å². The first-order valence-corrected chi connectivity index (χ1v) is 11.6. The molecule has 8 nitrogen and oxygen atoms in total. The maximum Gasteiger partial charge on any atom is 0.228 e. The van der Waals surface area contributed by atoms with Crippen molar-refractivity contribution in [3.63, 3.8) is 0 Å². The smallest absolute Gasteiger partial charge is 0.228 e. The highest BCUT2D eigenvalue weighted by atomic mass is 16.1. The number of pyridine rings is 1. The van der Waals surface area contributed by atoms with Crippen molar-refractivity contribution in [1.82, 2.24) is 24.3 Å². The van der Waals surface area contributed by atoms with E-state index < -0.39 is 0 Å². The number of rotatable bonds is 4. The van der Waals surface area contributed by atoms with E-state index in [1.54, 1.807) is 12.4 Å². The van der Waals surface area contributed by atoms with Crippen LogP contribution in [-0.2, 0) is 4.79 Å². The maximum atomic E-state index is 12.7. The number of nitrogens with one attached hydrogen (secondary N) is 2. The molecular formula is C26H25N7O. The fraction of sp³-hybridized carbons (Fsp3) is 0.231. The molecule has 1 fully saturated rings. The second-order valence-corrected chi connectivity index (χ2v) is 8.87. The molecule has 5 aromatic rings. The number of fused-ring (bicyclic) bond motifs is 2. The van der Waals surface area contributed by atoms with Gasteiger partial charge in [0, 0.05) is 41.3 Å². The number of para-hydroxylation sites is 1. The van der Waals surface area contributed by atoms with Gasteiger partial charge in [-0.2, -0.15) is 0 Å². The molecule has 4 heterocycles. The molecule has 4 N–H and O–H groups in total. The van der Waals surface area contributed by atoms with Gasteiger partial charge in [0.2, 0.25) is 5.91 Å². The first-order valence-electron chi connectivity index (χ1n) is 11.6. The molecular weight excluding hydrogens is 426 g/mol. The number of anilines is 2. The van der Waals surface area contributed by atoms with Crippen LogP contribution in [0.1, 0.15) is 37.4 Å². The molecule has 1 saturated carbocycles. The Balaban J connectivity index is 1.28. The molecule has 1 aromatic carbocycles. The van der Waals surface area contributed by atoms with Crippen LogP contribution in [0.15, 0.2) is 67.1 Å². The molecule has 0 unspecified atom stereocenters. The van der Waals surface area contributed by atoms with Gasteiger partial charge in [-0.25, -0.2) is 15.0 Å². The molecule has 1 aliphatic rings. The van der Waals surface area contributed by atoms with Gasteiger partial charge in [-0.1, -0.05) is 24.3 Å². The van der Waals surface area contributed by atoms with Crippen LogP contribution in [0.4, 0.5) is 11.6 Å². The predicted octanol–water partition coefficient (Wildman–Crippen LogP) is 4.77. The van der Waals surface area contributed by atoms with Crippen LogP contribution in [0.5, 0.6) is 0 Å². The topological polar surface area (TPSA) is 114 Å². The summed E-state index contributed by atoms with van der Waals surface area (Å²) in [6.45, 7) is 0. The van der Waals surface area contributed by atoms with Crippen molar-refractivity contribution >= 4 is 34.0 Å². The third-order valence-corrected chi connectivity index (χ3v) is 6.77. The van der Waals surface area contributed by atoms with Crippen LogP contribution in [0.3, 0.4) is 0 Å². The second-order valence-electron chi connectivity index (χ2n) is 8.87. The Morgan fingerprint density at radius 2 is 1.85 bits per heavy atom. The van der Waals surface area contributed by atoms with Gasteiger partial charge in [0.05, 0.1) is 5.69 Å². The third-order valence-electron chi connectivity index (χ3n) is 6.77. The minimum Gasteiger partial charge on any atom is -0.382 e. The second kappa shape index (κ2) is 8.30. The van der Waals surface area contributed by atoms with Crippen LogP contribution in [0.25, 0.3) is 27.8 Å². The number of hydrogen-bond acceptors (Lipinski definition) is 5. The Hall–Kier alpha value is -4.20. The molecule has 1 amide bonds. The molecule has 170 valence electrons. The predicted molar refractivity (Wildman–Crippen MR) is 132 cm³/mol. The summed E-state index contributed by atoms with van der Waals surface area (Å²) in [5.41, 5.74) is 9.93. The number of carbonyl (C=O) groups excluding carboxylic acids is 1. The monoisotopic (exact) mass is 451 g/mol. The normalized spacial score (nSPS) is 18.4. The molecule has 6 rings (SSSR count). The first-order chi connectivity index (χ1) is 16.7. The van der Waals surface area contributed by atoms with Crippen LogP contribution in [0, 0.1) is 5.92 Å². The molecule has 4 aromatic heterocycles. The SMILES string of the molecule is Nc1nccn2c1c(-c1cc3ccccc3[nH]1)nc2[C@H]1CC[C@H](C(=O)Nc2ccccn2)CC1. The van der Waals surface area contributed by atoms with E-state index in [1.807, 2.05) is 36.5 Å². The molecule has 0 radical (unpaired) electrons. The molecule has 8 heteroatoms. The number of aromatic amines is 1. The highest BCUT2D eigenvalue weighted by molar-refractivity contribution is 5.92. The Morgan fingerprint density at radius 1 is 1.03 bits per heavy atom. The first kappa shape index (κ1) is 20.4. The summed E-state index contributed by atoms with van der Waals surface area (Å²) in [4.78, 5) is 29.8. The van der Waals surface area contributed by atoms with Gasteiger partial charge >= 0.3 is 0 Å². The van der Waals surface area contributed by atoms with Gasteiger partial charge in [-0.15, -0.1) is 0 Å². The van der Waals surface area contributed by atoms with Crippen molar-refractivity contribution in [2.24, 2.45) is 5.92 Å². The van der Waals surface area contributed by atoms with Crippen LogP contribution < -0.4 is 11.1 Å². The quantitative estimate of drug-likeness (QED) is 0.364. The van der Waals surface area contributed by atoms with E-state index in [1.165, 1.54) is 0 Å². The zero-order chi connectivity index (χ0) is 23.1. The molecule has 0 spiro atoms. The number of H-pyrrole nitrogens is 1. The van der Waals surface area contributed by atoms with E-state index in [9.17, 15) is 4.79 Å². The molecule has 1 aliphatic carbocycles. The average Bonchev–Trinajstić information content (AvgIpc) is 3.47. The number of carbonyl (C=O) groups is 1. The fourth-order valence-corrected chi connectivity index (χ4v) is 5.04. The van der Waals surface area contributed by atoms with Crippen molar-refractivity contribution in [3.8, 4) is 11.4 Å². The summed E-state index contributed by atoms with van der Waals surface area (Å²) in [5, 5.41) is 4.07. The molecule has 0 bridgehead atoms. The van der Waals surface area contributed by atoms with Crippen molar-refractivity contribution < 1.29 is 4.79 Å². The number of imidazole rings is 1. The van der Waals surface area contributed by atoms with Crippen LogP contribution in [-0.4, -0.2) is 30.2 Å². The fourth-order valence-electron chi connectivity index (χ4n) is 5.04. The lowest BCUT2D eigenvalue weighted by atomic mass is 9.81. The summed E-state index contributed by atoms with van der Waals surface area (Å²) < 4.78 is 2.07. The summed E-state index contributed by atoms with van der Waals surface area (Å²) in [5.74, 6) is 2.28. The minimum atomic E-state index is -0.0237. The number of amides is 1. The van der Waals surface area contributed by atoms with Gasteiger partial charge in [0.25, 0.3) is 0 Å². The van der Waals surface area contributed by atoms with Gasteiger partial charge in [0.1, 0.15) is 28.7 Å². The number of nitrogens with two attached hydrogens (primary N) is 1. The van der Waals surface area contributed by atoms with E-state index in [0.717, 1.165) is 59.3 Å². The van der Waals surface area contributed by atoms with Crippen molar-refractivity contribution in [1.29, 1.82) is 0 Å². The summed E-state index contributed by atoms with van der Waals surface area (Å²) in [6.07, 6.45) is 8.71. The highest BCUT2D eigenvalue weighted by Crippen LogP contribution is 2.39. The molecule has 0 atom stereocenters. The average molecular weight is 452 g/mol. The zero-order valence-corrected chi connectivity index (χ0v) is 18.6. The van der Waals surface area contributed by atoms with E-state index >= 15 is 0 Å². The summed E-state index contributed by atoms with van der Waals surface area (Å²) in [7, 11) is 0. The number of hydrogen-bond donors (Lipinski definition) is 3. The summed E-state index contributed by atoms with van der Waals surface area (Å²) in [6, 6.07) is 15.8. The Bertz CT molecular complexity index is 1450. The number of nitrogens with zero attached hydrogens (tertiary/aromatic N) is 4. The van der Waals surface area contributed by atoms with E-state index in [-0.39, 0.29) is 17.7 Å². The third kappa shape index (κ3) is 3.57. The van der Waals surface area contributed by atoms with Gasteiger partial charge in [-0.05, 0) is 49.9 Å². The van der Waals surface area contributed by atoms with Crippen LogP contribution in [0.2, 0.25) is 0 Å². The molecule has 0 saturated heterocycles. The maximum absolute atomic E-state index is 12.7. The van der Waals surface area contributed by atoms with Gasteiger partial charge in [-0.3, -0.25) is 9.20 Å². The number of benzene rings is 1. The van der Waals surface area contributed by atoms with E-state index in [0.29, 0.717) is 11.6 Å². The van der Waals surface area contributed by atoms with Crippen molar-refractivity contribution in [2.45, 2.75) is 31.6 Å². The highest BCUT2D eigenvalue weighted by Gasteiger charge is 2.31. The standard InChI is InChI=1S/C26H25N7O/c27-24-23-22(20-15-18-5-1-2-6-19(18)30-20)32-25(33(23)14-13-29-24)16-8-10-17(11-9-16)26(34)31-21-7-3-4-12-28-21/h1-7,12-17,30H,8-11H2,(H2,27,29)(H,28,31,34)/t16-,17-. The molecule has 34 heavy (non-hydrogen) atoms. The Labute approximate surface area is 196 Å². The van der Waals surface area contributed by atoms with Gasteiger partial charge < -0.3 is 16.0 Å². The number of nitrogen functional groups attached to an aromatic ring is 1. The lowest BCUT2D eigenvalue weighted by molar-refractivity contribution is -0.120. The Kier molecular flexibility index (Phi) is 4.98. The zero-order valence-electron chi connectivity index (χ0n) is 18.6. The largest absolute Gasteiger partial charge is 0.382 e. The molecule has 0 aliphatic heterocycles. The van der Waals surface area contributed by atoms with Crippen molar-refractivity contribution in [2.75, 3.05) is 11.1 Å². The lowest BCUT2D eigenvalue weighted by Crippen LogP contribution is -2.27. The van der Waals surface area contributed by atoms with E-state index in [2.05, 4.69) is 42.9 Å². The Morgan fingerprint density at radius 3 is 2.65 bits per heavy atom. The van der Waals surface area contributed by atoms with Gasteiger partial charge in [0.15, 0.2) is 0 Å². The van der Waals surface area contributed by atoms with Crippen LogP contribution >= 0.6 is 0 Å². The number of aromatic nitrogens is 5.